The quantitative estimate of drug-likeness (QED) is 0.831. The Morgan fingerprint density at radius 3 is 2.45 bits per heavy atom. The van der Waals surface area contributed by atoms with Gasteiger partial charge in [0.15, 0.2) is 0 Å². The Balaban J connectivity index is 0.000000295. The molecule has 0 amide bonds. The largest absolute Gasteiger partial charge is 0.462 e. The van der Waals surface area contributed by atoms with Crippen LogP contribution in [0.1, 0.15) is 26.3 Å². The highest BCUT2D eigenvalue weighted by Crippen LogP contribution is 2.21. The van der Waals surface area contributed by atoms with Gasteiger partial charge in [0.2, 0.25) is 0 Å². The lowest BCUT2D eigenvalue weighted by Gasteiger charge is -2.31. The molecule has 1 aromatic carbocycles. The minimum absolute atomic E-state index is 0.214. The molecular formula is C16H26FN3O2. The normalized spacial score (nSPS) is 14.9. The summed E-state index contributed by atoms with van der Waals surface area (Å²) in [5, 5.41) is 3.29. The number of nitrogens with two attached hydrogens (primary N) is 1. The summed E-state index contributed by atoms with van der Waals surface area (Å²) in [6.07, 6.45) is 0. The van der Waals surface area contributed by atoms with Crippen LogP contribution in [0.2, 0.25) is 0 Å². The lowest BCUT2D eigenvalue weighted by molar-refractivity contribution is -0.138. The van der Waals surface area contributed by atoms with E-state index in [0.717, 1.165) is 37.4 Å². The predicted octanol–water partition coefficient (Wildman–Crippen LogP) is 1.65. The van der Waals surface area contributed by atoms with Gasteiger partial charge in [0.1, 0.15) is 11.4 Å². The Kier molecular flexibility index (Phi) is 7.27. The van der Waals surface area contributed by atoms with Crippen molar-refractivity contribution in [3.05, 3.63) is 29.6 Å². The monoisotopic (exact) mass is 311 g/mol. The van der Waals surface area contributed by atoms with E-state index < -0.39 is 0 Å². The highest BCUT2D eigenvalue weighted by Gasteiger charge is 2.13. The van der Waals surface area contributed by atoms with Gasteiger partial charge in [-0.3, -0.25) is 4.79 Å². The average Bonchev–Trinajstić information content (AvgIpc) is 2.47. The first-order chi connectivity index (χ1) is 10.4. The maximum absolute atomic E-state index is 13.0. The van der Waals surface area contributed by atoms with Crippen molar-refractivity contribution in [1.29, 1.82) is 0 Å². The molecule has 1 heterocycles. The zero-order valence-electron chi connectivity index (χ0n) is 13.6. The van der Waals surface area contributed by atoms with Crippen LogP contribution in [0.3, 0.4) is 0 Å². The fourth-order valence-corrected chi connectivity index (χ4v) is 2.08. The highest BCUT2D eigenvalue weighted by atomic mass is 19.1. The molecule has 6 heteroatoms. The molecule has 0 bridgehead atoms. The average molecular weight is 311 g/mol. The van der Waals surface area contributed by atoms with Gasteiger partial charge in [-0.05, 0) is 44.5 Å². The van der Waals surface area contributed by atoms with E-state index in [0.29, 0.717) is 13.0 Å². The van der Waals surface area contributed by atoms with Gasteiger partial charge >= 0.3 is 0 Å². The fourth-order valence-electron chi connectivity index (χ4n) is 2.08. The van der Waals surface area contributed by atoms with Crippen LogP contribution in [-0.2, 0) is 16.1 Å². The van der Waals surface area contributed by atoms with Crippen LogP contribution < -0.4 is 16.0 Å². The second-order valence-electron chi connectivity index (χ2n) is 6.04. The first-order valence-corrected chi connectivity index (χ1v) is 7.43. The topological polar surface area (TPSA) is 67.6 Å². The summed E-state index contributed by atoms with van der Waals surface area (Å²) in [6.45, 7) is 10.2. The molecule has 1 aromatic rings. The van der Waals surface area contributed by atoms with Crippen molar-refractivity contribution >= 4 is 12.2 Å². The van der Waals surface area contributed by atoms with Crippen LogP contribution in [-0.4, -0.2) is 38.3 Å². The predicted molar refractivity (Wildman–Crippen MR) is 86.3 cm³/mol. The molecule has 5 nitrogen and oxygen atoms in total. The third-order valence-corrected chi connectivity index (χ3v) is 3.12. The van der Waals surface area contributed by atoms with Crippen LogP contribution in [0.15, 0.2) is 18.2 Å². The van der Waals surface area contributed by atoms with Crippen LogP contribution in [0.25, 0.3) is 0 Å². The van der Waals surface area contributed by atoms with Gasteiger partial charge in [-0.15, -0.1) is 0 Å². The maximum Gasteiger partial charge on any atom is 0.293 e. The Hall–Kier alpha value is -1.66. The molecular weight excluding hydrogens is 285 g/mol. The number of piperazine rings is 1. The van der Waals surface area contributed by atoms with Gasteiger partial charge < -0.3 is 20.7 Å². The SMILES string of the molecule is CC(C)(C)OC=O.NCc1cc(F)ccc1N1CCNCC1. The molecule has 1 fully saturated rings. The molecule has 22 heavy (non-hydrogen) atoms. The van der Waals surface area contributed by atoms with Crippen LogP contribution in [0.4, 0.5) is 10.1 Å². The molecule has 3 N–H and O–H groups in total. The van der Waals surface area contributed by atoms with E-state index in [9.17, 15) is 9.18 Å². The van der Waals surface area contributed by atoms with Crippen LogP contribution >= 0.6 is 0 Å². The molecule has 0 radical (unpaired) electrons. The van der Waals surface area contributed by atoms with Crippen LogP contribution in [0, 0.1) is 5.82 Å². The summed E-state index contributed by atoms with van der Waals surface area (Å²) in [6, 6.07) is 4.84. The number of rotatable bonds is 3. The Bertz CT molecular complexity index is 469. The number of carbonyl (C=O) groups is 1. The Morgan fingerprint density at radius 1 is 1.36 bits per heavy atom. The Labute approximate surface area is 131 Å². The molecule has 124 valence electrons. The molecule has 0 aliphatic carbocycles. The molecule has 2 rings (SSSR count). The highest BCUT2D eigenvalue weighted by molar-refractivity contribution is 5.54. The standard InChI is InChI=1S/C11H16FN3.C5H10O2/c12-10-1-2-11(9(7-10)8-13)15-5-3-14-4-6-15;1-5(2,3)7-4-6/h1-2,7,14H,3-6,8,13H2;4H,1-3H3. The van der Waals surface area contributed by atoms with Gasteiger partial charge in [-0.1, -0.05) is 0 Å². The summed E-state index contributed by atoms with van der Waals surface area (Å²) in [4.78, 5) is 11.8. The molecule has 0 aromatic heterocycles. The van der Waals surface area contributed by atoms with E-state index >= 15 is 0 Å². The second-order valence-corrected chi connectivity index (χ2v) is 6.04. The summed E-state index contributed by atoms with van der Waals surface area (Å²) in [5.41, 5.74) is 7.26. The van der Waals surface area contributed by atoms with Gasteiger partial charge in [-0.2, -0.15) is 0 Å². The zero-order valence-corrected chi connectivity index (χ0v) is 13.6. The zero-order chi connectivity index (χ0) is 16.6. The van der Waals surface area contributed by atoms with Crippen molar-refractivity contribution in [2.24, 2.45) is 5.73 Å². The van der Waals surface area contributed by atoms with Gasteiger partial charge in [0.25, 0.3) is 6.47 Å². The number of benzene rings is 1. The number of ether oxygens (including phenoxy) is 1. The summed E-state index contributed by atoms with van der Waals surface area (Å²) in [7, 11) is 0. The number of hydrogen-bond donors (Lipinski definition) is 2. The first kappa shape index (κ1) is 18.4. The van der Waals surface area contributed by atoms with E-state index in [4.69, 9.17) is 5.73 Å². The van der Waals surface area contributed by atoms with E-state index in [-0.39, 0.29) is 11.4 Å². The van der Waals surface area contributed by atoms with Crippen molar-refractivity contribution in [3.63, 3.8) is 0 Å². The fraction of sp³-hybridized carbons (Fsp3) is 0.562. The summed E-state index contributed by atoms with van der Waals surface area (Å²) in [5.74, 6) is -0.214. The lowest BCUT2D eigenvalue weighted by Crippen LogP contribution is -2.44. The first-order valence-electron chi connectivity index (χ1n) is 7.43. The molecule has 1 aliphatic heterocycles. The van der Waals surface area contributed by atoms with Crippen molar-refractivity contribution in [1.82, 2.24) is 5.32 Å². The van der Waals surface area contributed by atoms with Crippen molar-refractivity contribution < 1.29 is 13.9 Å². The van der Waals surface area contributed by atoms with Gasteiger partial charge in [-0.25, -0.2) is 4.39 Å². The molecule has 0 atom stereocenters. The third-order valence-electron chi connectivity index (χ3n) is 3.12. The van der Waals surface area contributed by atoms with E-state index in [1.54, 1.807) is 0 Å². The van der Waals surface area contributed by atoms with Crippen molar-refractivity contribution in [3.8, 4) is 0 Å². The summed E-state index contributed by atoms with van der Waals surface area (Å²) >= 11 is 0. The second kappa shape index (κ2) is 8.70. The number of nitrogens with one attached hydrogen (secondary N) is 1. The maximum atomic E-state index is 13.0. The van der Waals surface area contributed by atoms with E-state index in [2.05, 4.69) is 15.0 Å². The number of halogens is 1. The van der Waals surface area contributed by atoms with Crippen molar-refractivity contribution in [2.45, 2.75) is 32.9 Å². The summed E-state index contributed by atoms with van der Waals surface area (Å²) < 4.78 is 17.6. The number of carbonyl (C=O) groups excluding carboxylic acids is 1. The van der Waals surface area contributed by atoms with Gasteiger partial charge in [0.05, 0.1) is 0 Å². The number of nitrogens with zero attached hydrogens (tertiary/aromatic N) is 1. The smallest absolute Gasteiger partial charge is 0.293 e. The molecule has 0 saturated carbocycles. The van der Waals surface area contributed by atoms with Crippen molar-refractivity contribution in [2.75, 3.05) is 31.1 Å². The lowest BCUT2D eigenvalue weighted by atomic mass is 10.1. The third kappa shape index (κ3) is 6.41. The van der Waals surface area contributed by atoms with Crippen LogP contribution in [0.5, 0.6) is 0 Å². The minimum atomic E-state index is -0.318. The minimum Gasteiger partial charge on any atom is -0.462 e. The number of anilines is 1. The van der Waals surface area contributed by atoms with E-state index in [1.165, 1.54) is 12.1 Å². The number of hydrogen-bond acceptors (Lipinski definition) is 5. The van der Waals surface area contributed by atoms with Gasteiger partial charge in [0, 0.05) is 38.4 Å². The molecule has 1 saturated heterocycles. The molecule has 0 spiro atoms. The van der Waals surface area contributed by atoms with E-state index in [1.807, 2.05) is 26.8 Å². The molecule has 0 unspecified atom stereocenters. The Morgan fingerprint density at radius 2 is 2.00 bits per heavy atom. The molecule has 1 aliphatic rings.